The van der Waals surface area contributed by atoms with E-state index in [1.807, 2.05) is 20.8 Å². The molecule has 0 unspecified atom stereocenters. The van der Waals surface area contributed by atoms with Crippen LogP contribution in [-0.2, 0) is 11.3 Å². The maximum Gasteiger partial charge on any atom is 0.317 e. The molecular formula is C13H17ClFNO2. The molecule has 1 N–H and O–H groups in total. The van der Waals surface area contributed by atoms with Crippen LogP contribution in [0.4, 0.5) is 4.39 Å². The molecule has 5 heteroatoms. The number of carboxylic acids is 1. The molecule has 0 radical (unpaired) electrons. The average molecular weight is 274 g/mol. The molecule has 1 aromatic rings. The summed E-state index contributed by atoms with van der Waals surface area (Å²) in [4.78, 5) is 12.5. The van der Waals surface area contributed by atoms with Crippen molar-refractivity contribution >= 4 is 17.6 Å². The summed E-state index contributed by atoms with van der Waals surface area (Å²) in [5, 5.41) is 9.21. The predicted molar refractivity (Wildman–Crippen MR) is 69.2 cm³/mol. The van der Waals surface area contributed by atoms with Crippen molar-refractivity contribution in [3.05, 3.63) is 34.6 Å². The van der Waals surface area contributed by atoms with Crippen LogP contribution in [0.25, 0.3) is 0 Å². The number of aliphatic carboxylic acids is 1. The Morgan fingerprint density at radius 2 is 2.06 bits per heavy atom. The van der Waals surface area contributed by atoms with Crippen molar-refractivity contribution in [2.45, 2.75) is 32.9 Å². The van der Waals surface area contributed by atoms with Crippen LogP contribution in [0.5, 0.6) is 0 Å². The molecule has 0 bridgehead atoms. The molecule has 1 rings (SSSR count). The molecule has 3 nitrogen and oxygen atoms in total. The Hall–Kier alpha value is -1.13. The van der Waals surface area contributed by atoms with E-state index in [-0.39, 0.29) is 18.6 Å². The number of nitrogens with zero attached hydrogens (tertiary/aromatic N) is 1. The standard InChI is InChI=1S/C13H17ClFNO2/c1-13(2,3)16(8-12(17)18)7-9-4-5-10(14)6-11(9)15/h4-6H,7-8H2,1-3H3,(H,17,18). The first-order valence-electron chi connectivity index (χ1n) is 5.61. The summed E-state index contributed by atoms with van der Waals surface area (Å²) >= 11 is 5.68. The van der Waals surface area contributed by atoms with E-state index in [1.165, 1.54) is 6.07 Å². The van der Waals surface area contributed by atoms with Gasteiger partial charge in [0.1, 0.15) is 5.82 Å². The number of halogens is 2. The second-order valence-electron chi connectivity index (χ2n) is 5.16. The number of hydrogen-bond donors (Lipinski definition) is 1. The van der Waals surface area contributed by atoms with Gasteiger partial charge in [0.05, 0.1) is 6.54 Å². The molecule has 18 heavy (non-hydrogen) atoms. The number of rotatable bonds is 4. The third-order valence-corrected chi connectivity index (χ3v) is 2.89. The molecule has 0 spiro atoms. The van der Waals surface area contributed by atoms with Gasteiger partial charge in [-0.25, -0.2) is 4.39 Å². The molecule has 0 aromatic heterocycles. The van der Waals surface area contributed by atoms with Crippen LogP contribution in [0.3, 0.4) is 0 Å². The first-order valence-corrected chi connectivity index (χ1v) is 5.98. The fourth-order valence-electron chi connectivity index (χ4n) is 1.55. The topological polar surface area (TPSA) is 40.5 Å². The Morgan fingerprint density at radius 1 is 1.44 bits per heavy atom. The monoisotopic (exact) mass is 273 g/mol. The molecule has 0 aliphatic heterocycles. The van der Waals surface area contributed by atoms with Gasteiger partial charge in [-0.15, -0.1) is 0 Å². The second kappa shape index (κ2) is 5.67. The summed E-state index contributed by atoms with van der Waals surface area (Å²) in [7, 11) is 0. The highest BCUT2D eigenvalue weighted by Crippen LogP contribution is 2.20. The highest BCUT2D eigenvalue weighted by atomic mass is 35.5. The highest BCUT2D eigenvalue weighted by Gasteiger charge is 2.24. The van der Waals surface area contributed by atoms with Crippen molar-refractivity contribution in [1.82, 2.24) is 4.90 Å². The van der Waals surface area contributed by atoms with Crippen LogP contribution >= 0.6 is 11.6 Å². The molecule has 0 aliphatic rings. The summed E-state index contributed by atoms with van der Waals surface area (Å²) in [6, 6.07) is 4.42. The van der Waals surface area contributed by atoms with E-state index in [9.17, 15) is 9.18 Å². The third-order valence-electron chi connectivity index (χ3n) is 2.65. The van der Waals surface area contributed by atoms with Gasteiger partial charge in [0, 0.05) is 22.7 Å². The minimum Gasteiger partial charge on any atom is -0.480 e. The fraction of sp³-hybridized carbons (Fsp3) is 0.462. The molecule has 0 fully saturated rings. The first kappa shape index (κ1) is 14.9. The van der Waals surface area contributed by atoms with Crippen molar-refractivity contribution in [3.8, 4) is 0 Å². The largest absolute Gasteiger partial charge is 0.480 e. The smallest absolute Gasteiger partial charge is 0.317 e. The molecule has 0 heterocycles. The summed E-state index contributed by atoms with van der Waals surface area (Å²) in [6.07, 6.45) is 0. The fourth-order valence-corrected chi connectivity index (χ4v) is 1.71. The number of benzene rings is 1. The number of hydrogen-bond acceptors (Lipinski definition) is 2. The predicted octanol–water partition coefficient (Wildman–Crippen LogP) is 3.16. The lowest BCUT2D eigenvalue weighted by atomic mass is 10.0. The summed E-state index contributed by atoms with van der Waals surface area (Å²) in [6.45, 7) is 5.78. The van der Waals surface area contributed by atoms with Crippen molar-refractivity contribution in [1.29, 1.82) is 0 Å². The van der Waals surface area contributed by atoms with Crippen LogP contribution in [-0.4, -0.2) is 28.1 Å². The van der Waals surface area contributed by atoms with Gasteiger partial charge in [0.15, 0.2) is 0 Å². The van der Waals surface area contributed by atoms with E-state index in [4.69, 9.17) is 16.7 Å². The second-order valence-corrected chi connectivity index (χ2v) is 5.59. The molecule has 0 aliphatic carbocycles. The van der Waals surface area contributed by atoms with Gasteiger partial charge in [-0.05, 0) is 32.9 Å². The molecule has 100 valence electrons. The Labute approximate surface area is 111 Å². The van der Waals surface area contributed by atoms with Crippen molar-refractivity contribution in [3.63, 3.8) is 0 Å². The minimum atomic E-state index is -0.931. The van der Waals surface area contributed by atoms with Gasteiger partial charge in [-0.2, -0.15) is 0 Å². The van der Waals surface area contributed by atoms with Gasteiger partial charge in [-0.1, -0.05) is 17.7 Å². The van der Waals surface area contributed by atoms with Crippen LogP contribution in [0, 0.1) is 5.82 Å². The van der Waals surface area contributed by atoms with Crippen LogP contribution < -0.4 is 0 Å². The van der Waals surface area contributed by atoms with Gasteiger partial charge in [-0.3, -0.25) is 9.69 Å². The zero-order valence-electron chi connectivity index (χ0n) is 10.7. The van der Waals surface area contributed by atoms with Gasteiger partial charge in [0.25, 0.3) is 0 Å². The van der Waals surface area contributed by atoms with Crippen molar-refractivity contribution < 1.29 is 14.3 Å². The van der Waals surface area contributed by atoms with E-state index in [2.05, 4.69) is 0 Å². The highest BCUT2D eigenvalue weighted by molar-refractivity contribution is 6.30. The van der Waals surface area contributed by atoms with Gasteiger partial charge < -0.3 is 5.11 Å². The summed E-state index contributed by atoms with van der Waals surface area (Å²) in [5.74, 6) is -1.35. The van der Waals surface area contributed by atoms with Crippen LogP contribution in [0.15, 0.2) is 18.2 Å². The first-order chi connectivity index (χ1) is 8.20. The van der Waals surface area contributed by atoms with E-state index in [1.54, 1.807) is 17.0 Å². The maximum atomic E-state index is 13.7. The lowest BCUT2D eigenvalue weighted by Crippen LogP contribution is -2.43. The van der Waals surface area contributed by atoms with E-state index < -0.39 is 11.8 Å². The number of carboxylic acid groups (broad SMARTS) is 1. The third kappa shape index (κ3) is 4.27. The Morgan fingerprint density at radius 3 is 2.50 bits per heavy atom. The Bertz CT molecular complexity index is 443. The van der Waals surface area contributed by atoms with Gasteiger partial charge >= 0.3 is 5.97 Å². The van der Waals surface area contributed by atoms with Crippen LogP contribution in [0.1, 0.15) is 26.3 Å². The molecular weight excluding hydrogens is 257 g/mol. The Kier molecular flexibility index (Phi) is 4.71. The zero-order chi connectivity index (χ0) is 13.9. The lowest BCUT2D eigenvalue weighted by molar-refractivity contribution is -0.139. The van der Waals surface area contributed by atoms with E-state index >= 15 is 0 Å². The quantitative estimate of drug-likeness (QED) is 0.916. The maximum absolute atomic E-state index is 13.7. The minimum absolute atomic E-state index is 0.133. The lowest BCUT2D eigenvalue weighted by Gasteiger charge is -2.34. The average Bonchev–Trinajstić information content (AvgIpc) is 2.18. The van der Waals surface area contributed by atoms with Crippen molar-refractivity contribution in [2.24, 2.45) is 0 Å². The van der Waals surface area contributed by atoms with E-state index in [0.717, 1.165) is 0 Å². The molecule has 0 amide bonds. The Balaban J connectivity index is 2.92. The molecule has 1 aromatic carbocycles. The summed E-state index contributed by atoms with van der Waals surface area (Å²) in [5.41, 5.74) is 0.0837. The normalized spacial score (nSPS) is 11.9. The summed E-state index contributed by atoms with van der Waals surface area (Å²) < 4.78 is 13.7. The molecule has 0 saturated carbocycles. The van der Waals surface area contributed by atoms with Crippen molar-refractivity contribution in [2.75, 3.05) is 6.54 Å². The molecule has 0 saturated heterocycles. The van der Waals surface area contributed by atoms with Crippen LogP contribution in [0.2, 0.25) is 5.02 Å². The zero-order valence-corrected chi connectivity index (χ0v) is 11.5. The SMILES string of the molecule is CC(C)(C)N(CC(=O)O)Cc1ccc(Cl)cc1F. The number of carbonyl (C=O) groups is 1. The van der Waals surface area contributed by atoms with E-state index in [0.29, 0.717) is 10.6 Å². The van der Waals surface area contributed by atoms with Gasteiger partial charge in [0.2, 0.25) is 0 Å². The molecule has 0 atom stereocenters.